The first-order valence-corrected chi connectivity index (χ1v) is 8.91. The zero-order valence-corrected chi connectivity index (χ0v) is 15.3. The predicted octanol–water partition coefficient (Wildman–Crippen LogP) is 4.93. The average Bonchev–Trinajstić information content (AvgIpc) is 2.66. The topological polar surface area (TPSA) is 59.1 Å². The van der Waals surface area contributed by atoms with Gasteiger partial charge in [-0.1, -0.05) is 23.7 Å². The highest BCUT2D eigenvalue weighted by Gasteiger charge is 2.01. The van der Waals surface area contributed by atoms with Gasteiger partial charge in [0.05, 0.1) is 6.61 Å². The summed E-state index contributed by atoms with van der Waals surface area (Å²) in [5, 5.41) is 7.33. The van der Waals surface area contributed by atoms with Gasteiger partial charge < -0.3 is 15.4 Å². The maximum Gasteiger partial charge on any atom is 0.135 e. The molecule has 2 aromatic carbocycles. The molecule has 0 unspecified atom stereocenters. The summed E-state index contributed by atoms with van der Waals surface area (Å²) in [5.74, 6) is 2.37. The molecule has 1 heterocycles. The molecule has 0 saturated heterocycles. The molecule has 0 radical (unpaired) electrons. The molecular formula is C20H21ClN4O. The summed E-state index contributed by atoms with van der Waals surface area (Å²) in [5.41, 5.74) is 2.17. The maximum atomic E-state index is 5.90. The summed E-state index contributed by atoms with van der Waals surface area (Å²) in [4.78, 5) is 8.52. The van der Waals surface area contributed by atoms with Crippen molar-refractivity contribution < 1.29 is 4.74 Å². The lowest BCUT2D eigenvalue weighted by Crippen LogP contribution is -2.07. The van der Waals surface area contributed by atoms with Gasteiger partial charge in [0.15, 0.2) is 0 Å². The van der Waals surface area contributed by atoms with Gasteiger partial charge >= 0.3 is 0 Å². The van der Waals surface area contributed by atoms with Gasteiger partial charge in [-0.3, -0.25) is 0 Å². The second kappa shape index (κ2) is 9.06. The number of hydrogen-bond donors (Lipinski definition) is 2. The molecule has 5 nitrogen and oxygen atoms in total. The summed E-state index contributed by atoms with van der Waals surface area (Å²) in [6.07, 6.45) is 2.43. The summed E-state index contributed by atoms with van der Waals surface area (Å²) < 4.78 is 5.45. The van der Waals surface area contributed by atoms with E-state index in [1.165, 1.54) is 5.56 Å². The average molecular weight is 369 g/mol. The molecular weight excluding hydrogens is 348 g/mol. The lowest BCUT2D eigenvalue weighted by molar-refractivity contribution is 0.340. The van der Waals surface area contributed by atoms with Gasteiger partial charge in [0.25, 0.3) is 0 Å². The van der Waals surface area contributed by atoms with Gasteiger partial charge in [-0.25, -0.2) is 9.97 Å². The highest BCUT2D eigenvalue weighted by atomic mass is 35.5. The predicted molar refractivity (Wildman–Crippen MR) is 107 cm³/mol. The van der Waals surface area contributed by atoms with Crippen LogP contribution in [0.5, 0.6) is 5.75 Å². The Kier molecular flexibility index (Phi) is 6.28. The molecule has 0 aliphatic carbocycles. The van der Waals surface area contributed by atoms with Crippen LogP contribution in [0.1, 0.15) is 12.5 Å². The van der Waals surface area contributed by atoms with Gasteiger partial charge in [0.2, 0.25) is 0 Å². The molecule has 0 bridgehead atoms. The van der Waals surface area contributed by atoms with E-state index in [-0.39, 0.29) is 0 Å². The molecule has 0 spiro atoms. The van der Waals surface area contributed by atoms with Crippen LogP contribution in [0.2, 0.25) is 5.02 Å². The summed E-state index contributed by atoms with van der Waals surface area (Å²) in [6.45, 7) is 3.40. The lowest BCUT2D eigenvalue weighted by atomic mass is 10.1. The van der Waals surface area contributed by atoms with E-state index >= 15 is 0 Å². The van der Waals surface area contributed by atoms with E-state index in [2.05, 4.69) is 20.6 Å². The van der Waals surface area contributed by atoms with Crippen molar-refractivity contribution in [3.63, 3.8) is 0 Å². The molecule has 26 heavy (non-hydrogen) atoms. The second-order valence-corrected chi connectivity index (χ2v) is 6.11. The molecule has 0 fully saturated rings. The van der Waals surface area contributed by atoms with Crippen molar-refractivity contribution in [3.05, 3.63) is 71.5 Å². The van der Waals surface area contributed by atoms with Crippen molar-refractivity contribution in [2.24, 2.45) is 0 Å². The lowest BCUT2D eigenvalue weighted by Gasteiger charge is -2.09. The first-order valence-electron chi connectivity index (χ1n) is 8.53. The third-order valence-electron chi connectivity index (χ3n) is 3.74. The molecule has 0 aliphatic rings. The number of nitrogens with one attached hydrogen (secondary N) is 2. The number of rotatable bonds is 8. The Labute approximate surface area is 158 Å². The molecule has 3 rings (SSSR count). The van der Waals surface area contributed by atoms with E-state index in [1.807, 2.05) is 61.5 Å². The Morgan fingerprint density at radius 3 is 2.42 bits per heavy atom. The monoisotopic (exact) mass is 368 g/mol. The number of aromatic nitrogens is 2. The van der Waals surface area contributed by atoms with Crippen LogP contribution in [0.4, 0.5) is 17.3 Å². The number of halogens is 1. The summed E-state index contributed by atoms with van der Waals surface area (Å²) in [6, 6.07) is 17.5. The summed E-state index contributed by atoms with van der Waals surface area (Å²) in [7, 11) is 0. The van der Waals surface area contributed by atoms with Gasteiger partial charge in [-0.2, -0.15) is 0 Å². The maximum absolute atomic E-state index is 5.90. The quantitative estimate of drug-likeness (QED) is 0.590. The Bertz CT molecular complexity index is 822. The highest BCUT2D eigenvalue weighted by molar-refractivity contribution is 6.30. The number of ether oxygens (including phenoxy) is 1. The molecule has 0 saturated carbocycles. The van der Waals surface area contributed by atoms with Crippen molar-refractivity contribution in [2.45, 2.75) is 13.3 Å². The molecule has 2 N–H and O–H groups in total. The Balaban J connectivity index is 1.54. The van der Waals surface area contributed by atoms with E-state index in [9.17, 15) is 0 Å². The Morgan fingerprint density at radius 2 is 1.69 bits per heavy atom. The first kappa shape index (κ1) is 18.0. The van der Waals surface area contributed by atoms with Crippen LogP contribution in [0.25, 0.3) is 0 Å². The standard InChI is InChI=1S/C20H21ClN4O/c1-2-26-18-9-7-17(8-10-18)25-20-13-19(23-14-24-20)22-12-11-15-3-5-16(21)6-4-15/h3-10,13-14H,2,11-12H2,1H3,(H2,22,23,24,25). The molecule has 0 aliphatic heterocycles. The van der Waals surface area contributed by atoms with Crippen molar-refractivity contribution in [2.75, 3.05) is 23.8 Å². The Morgan fingerprint density at radius 1 is 0.962 bits per heavy atom. The minimum absolute atomic E-state index is 0.656. The fourth-order valence-electron chi connectivity index (χ4n) is 2.46. The first-order chi connectivity index (χ1) is 12.7. The molecule has 0 amide bonds. The molecule has 134 valence electrons. The smallest absolute Gasteiger partial charge is 0.135 e. The van der Waals surface area contributed by atoms with Crippen LogP contribution in [0.3, 0.4) is 0 Å². The van der Waals surface area contributed by atoms with Crippen molar-refractivity contribution in [1.82, 2.24) is 9.97 Å². The van der Waals surface area contributed by atoms with Gasteiger partial charge in [0, 0.05) is 23.3 Å². The van der Waals surface area contributed by atoms with E-state index in [0.29, 0.717) is 6.61 Å². The van der Waals surface area contributed by atoms with Crippen LogP contribution in [0.15, 0.2) is 60.9 Å². The minimum Gasteiger partial charge on any atom is -0.494 e. The zero-order valence-electron chi connectivity index (χ0n) is 14.6. The van der Waals surface area contributed by atoms with Crippen LogP contribution in [-0.4, -0.2) is 23.1 Å². The minimum atomic E-state index is 0.656. The third-order valence-corrected chi connectivity index (χ3v) is 3.99. The van der Waals surface area contributed by atoms with E-state index in [4.69, 9.17) is 16.3 Å². The molecule has 0 atom stereocenters. The van der Waals surface area contributed by atoms with Crippen molar-refractivity contribution in [3.8, 4) is 5.75 Å². The Hall–Kier alpha value is -2.79. The van der Waals surface area contributed by atoms with E-state index < -0.39 is 0 Å². The largest absolute Gasteiger partial charge is 0.494 e. The number of anilines is 3. The molecule has 3 aromatic rings. The molecule has 6 heteroatoms. The van der Waals surface area contributed by atoms with Crippen LogP contribution in [0, 0.1) is 0 Å². The van der Waals surface area contributed by atoms with Gasteiger partial charge in [-0.05, 0) is 55.3 Å². The number of benzene rings is 2. The van der Waals surface area contributed by atoms with E-state index in [0.717, 1.165) is 41.1 Å². The van der Waals surface area contributed by atoms with Crippen molar-refractivity contribution in [1.29, 1.82) is 0 Å². The normalized spacial score (nSPS) is 10.4. The van der Waals surface area contributed by atoms with Crippen LogP contribution >= 0.6 is 11.6 Å². The number of hydrogen-bond acceptors (Lipinski definition) is 5. The van der Waals surface area contributed by atoms with Gasteiger partial charge in [0.1, 0.15) is 23.7 Å². The molecule has 1 aromatic heterocycles. The third kappa shape index (κ3) is 5.36. The second-order valence-electron chi connectivity index (χ2n) is 5.67. The zero-order chi connectivity index (χ0) is 18.2. The van der Waals surface area contributed by atoms with Crippen LogP contribution < -0.4 is 15.4 Å². The van der Waals surface area contributed by atoms with Crippen molar-refractivity contribution >= 4 is 28.9 Å². The number of nitrogens with zero attached hydrogens (tertiary/aromatic N) is 2. The summed E-state index contributed by atoms with van der Waals surface area (Å²) >= 11 is 5.90. The van der Waals surface area contributed by atoms with Crippen LogP contribution in [-0.2, 0) is 6.42 Å². The highest BCUT2D eigenvalue weighted by Crippen LogP contribution is 2.20. The van der Waals surface area contributed by atoms with Gasteiger partial charge in [-0.15, -0.1) is 0 Å². The SMILES string of the molecule is CCOc1ccc(Nc2cc(NCCc3ccc(Cl)cc3)ncn2)cc1. The fraction of sp³-hybridized carbons (Fsp3) is 0.200. The van der Waals surface area contributed by atoms with E-state index in [1.54, 1.807) is 6.33 Å². The fourth-order valence-corrected chi connectivity index (χ4v) is 2.58.